The van der Waals surface area contributed by atoms with Crippen LogP contribution >= 0.6 is 0 Å². The lowest BCUT2D eigenvalue weighted by Gasteiger charge is -2.43. The number of hydrogen-bond acceptors (Lipinski definition) is 5. The van der Waals surface area contributed by atoms with Crippen molar-refractivity contribution < 1.29 is 0 Å². The first-order valence-corrected chi connectivity index (χ1v) is 5.59. The van der Waals surface area contributed by atoms with Crippen molar-refractivity contribution in [2.45, 2.75) is 25.3 Å². The van der Waals surface area contributed by atoms with E-state index in [1.165, 1.54) is 0 Å². The highest BCUT2D eigenvalue weighted by molar-refractivity contribution is 4.89. The standard InChI is InChI=1S/C10H24N4.H3N/c1-10(2-4-11,3-5-12)14-8-6-13-7-9-14;/h13H,2-9,11-12H2,1H3;1H3. The minimum absolute atomic E-state index is 0. The summed E-state index contributed by atoms with van der Waals surface area (Å²) in [6, 6.07) is 0. The van der Waals surface area contributed by atoms with Gasteiger partial charge in [0.25, 0.3) is 0 Å². The van der Waals surface area contributed by atoms with Gasteiger partial charge in [0.1, 0.15) is 0 Å². The molecular weight excluding hydrogens is 190 g/mol. The van der Waals surface area contributed by atoms with Gasteiger partial charge in [-0.3, -0.25) is 4.90 Å². The molecule has 8 N–H and O–H groups in total. The van der Waals surface area contributed by atoms with Crippen molar-refractivity contribution in [1.82, 2.24) is 16.4 Å². The van der Waals surface area contributed by atoms with Gasteiger partial charge in [0.2, 0.25) is 0 Å². The summed E-state index contributed by atoms with van der Waals surface area (Å²) in [4.78, 5) is 2.53. The normalized spacial score (nSPS) is 18.6. The molecule has 1 aliphatic heterocycles. The van der Waals surface area contributed by atoms with Gasteiger partial charge in [-0.25, -0.2) is 0 Å². The Morgan fingerprint density at radius 2 is 1.60 bits per heavy atom. The van der Waals surface area contributed by atoms with Gasteiger partial charge in [-0.05, 0) is 32.9 Å². The van der Waals surface area contributed by atoms with Gasteiger partial charge in [-0.2, -0.15) is 0 Å². The fraction of sp³-hybridized carbons (Fsp3) is 1.00. The van der Waals surface area contributed by atoms with Gasteiger partial charge in [0, 0.05) is 31.7 Å². The molecular formula is C10H27N5. The quantitative estimate of drug-likeness (QED) is 0.498. The SMILES string of the molecule is CC(CCN)(CCN)N1CCNCC1.N. The third-order valence-corrected chi connectivity index (χ3v) is 3.25. The Morgan fingerprint density at radius 3 is 2.00 bits per heavy atom. The molecule has 0 bridgehead atoms. The molecule has 0 saturated carbocycles. The molecule has 0 aromatic carbocycles. The van der Waals surface area contributed by atoms with Crippen LogP contribution in [0.4, 0.5) is 0 Å². The first-order valence-electron chi connectivity index (χ1n) is 5.59. The third-order valence-electron chi connectivity index (χ3n) is 3.25. The van der Waals surface area contributed by atoms with Crippen LogP contribution in [0.3, 0.4) is 0 Å². The summed E-state index contributed by atoms with van der Waals surface area (Å²) in [7, 11) is 0. The van der Waals surface area contributed by atoms with Crippen molar-refractivity contribution in [2.75, 3.05) is 39.3 Å². The van der Waals surface area contributed by atoms with Crippen LogP contribution < -0.4 is 22.9 Å². The van der Waals surface area contributed by atoms with E-state index in [0.29, 0.717) is 0 Å². The summed E-state index contributed by atoms with van der Waals surface area (Å²) in [5.41, 5.74) is 11.6. The van der Waals surface area contributed by atoms with Crippen molar-refractivity contribution in [3.8, 4) is 0 Å². The van der Waals surface area contributed by atoms with Gasteiger partial charge in [-0.15, -0.1) is 0 Å². The zero-order valence-electron chi connectivity index (χ0n) is 9.97. The Morgan fingerprint density at radius 1 is 1.13 bits per heavy atom. The number of nitrogens with zero attached hydrogens (tertiary/aromatic N) is 1. The molecule has 1 aliphatic rings. The van der Waals surface area contributed by atoms with Crippen molar-refractivity contribution in [1.29, 1.82) is 0 Å². The average Bonchev–Trinajstić information content (AvgIpc) is 2.20. The summed E-state index contributed by atoms with van der Waals surface area (Å²) in [6.45, 7) is 8.21. The molecule has 15 heavy (non-hydrogen) atoms. The highest BCUT2D eigenvalue weighted by Gasteiger charge is 2.30. The average molecular weight is 217 g/mol. The molecule has 0 aromatic rings. The molecule has 1 fully saturated rings. The zero-order valence-corrected chi connectivity index (χ0v) is 9.97. The second-order valence-electron chi connectivity index (χ2n) is 4.31. The molecule has 0 radical (unpaired) electrons. The maximum absolute atomic E-state index is 5.67. The van der Waals surface area contributed by atoms with Crippen LogP contribution in [0.15, 0.2) is 0 Å². The number of rotatable bonds is 5. The zero-order chi connectivity index (χ0) is 10.4. The maximum atomic E-state index is 5.67. The fourth-order valence-electron chi connectivity index (χ4n) is 2.27. The molecule has 0 atom stereocenters. The van der Waals surface area contributed by atoms with E-state index in [1.807, 2.05) is 0 Å². The van der Waals surface area contributed by atoms with E-state index in [2.05, 4.69) is 17.1 Å². The predicted molar refractivity (Wildman–Crippen MR) is 65.2 cm³/mol. The lowest BCUT2D eigenvalue weighted by molar-refractivity contribution is 0.0763. The Bertz CT molecular complexity index is 150. The summed E-state index contributed by atoms with van der Waals surface area (Å²) >= 11 is 0. The summed E-state index contributed by atoms with van der Waals surface area (Å²) in [5.74, 6) is 0. The molecule has 0 spiro atoms. The second-order valence-corrected chi connectivity index (χ2v) is 4.31. The molecule has 1 heterocycles. The van der Waals surface area contributed by atoms with E-state index < -0.39 is 0 Å². The minimum Gasteiger partial charge on any atom is -0.344 e. The Hall–Kier alpha value is -0.200. The Kier molecular flexibility index (Phi) is 7.04. The summed E-state index contributed by atoms with van der Waals surface area (Å²) in [6.07, 6.45) is 2.09. The van der Waals surface area contributed by atoms with Crippen LogP contribution in [0.25, 0.3) is 0 Å². The predicted octanol–water partition coefficient (Wildman–Crippen LogP) is -0.490. The monoisotopic (exact) mass is 217 g/mol. The summed E-state index contributed by atoms with van der Waals surface area (Å²) < 4.78 is 0. The van der Waals surface area contributed by atoms with Gasteiger partial charge in [0.15, 0.2) is 0 Å². The van der Waals surface area contributed by atoms with Crippen LogP contribution in [0, 0.1) is 0 Å². The highest BCUT2D eigenvalue weighted by Crippen LogP contribution is 2.22. The lowest BCUT2D eigenvalue weighted by atomic mass is 9.90. The van der Waals surface area contributed by atoms with Crippen molar-refractivity contribution in [3.05, 3.63) is 0 Å². The number of nitrogens with two attached hydrogens (primary N) is 2. The molecule has 0 unspecified atom stereocenters. The van der Waals surface area contributed by atoms with E-state index >= 15 is 0 Å². The van der Waals surface area contributed by atoms with Gasteiger partial charge >= 0.3 is 0 Å². The fourth-order valence-corrected chi connectivity index (χ4v) is 2.27. The van der Waals surface area contributed by atoms with Crippen LogP contribution in [0.5, 0.6) is 0 Å². The van der Waals surface area contributed by atoms with Gasteiger partial charge in [-0.1, -0.05) is 0 Å². The van der Waals surface area contributed by atoms with Gasteiger partial charge in [0.05, 0.1) is 0 Å². The topological polar surface area (TPSA) is 102 Å². The molecule has 0 aromatic heterocycles. The van der Waals surface area contributed by atoms with Crippen molar-refractivity contribution in [2.24, 2.45) is 11.5 Å². The van der Waals surface area contributed by atoms with E-state index in [9.17, 15) is 0 Å². The second kappa shape index (κ2) is 7.14. The van der Waals surface area contributed by atoms with E-state index in [1.54, 1.807) is 0 Å². The molecule has 92 valence electrons. The smallest absolute Gasteiger partial charge is 0.0206 e. The molecule has 0 amide bonds. The van der Waals surface area contributed by atoms with Crippen LogP contribution in [0.1, 0.15) is 19.8 Å². The van der Waals surface area contributed by atoms with Crippen LogP contribution in [-0.4, -0.2) is 49.7 Å². The Labute approximate surface area is 93.1 Å². The molecule has 1 saturated heterocycles. The largest absolute Gasteiger partial charge is 0.344 e. The highest BCUT2D eigenvalue weighted by atomic mass is 15.2. The lowest BCUT2D eigenvalue weighted by Crippen LogP contribution is -2.56. The van der Waals surface area contributed by atoms with Crippen LogP contribution in [-0.2, 0) is 0 Å². The number of nitrogens with one attached hydrogen (secondary N) is 1. The third kappa shape index (κ3) is 4.04. The maximum Gasteiger partial charge on any atom is 0.0206 e. The Balaban J connectivity index is 0.00000196. The molecule has 0 aliphatic carbocycles. The van der Waals surface area contributed by atoms with E-state index in [-0.39, 0.29) is 11.7 Å². The number of hydrogen-bond donors (Lipinski definition) is 4. The first-order chi connectivity index (χ1) is 6.73. The molecule has 5 heteroatoms. The van der Waals surface area contributed by atoms with Crippen LogP contribution in [0.2, 0.25) is 0 Å². The molecule has 1 rings (SSSR count). The summed E-state index contributed by atoms with van der Waals surface area (Å²) in [5, 5.41) is 3.37. The molecule has 5 nitrogen and oxygen atoms in total. The first kappa shape index (κ1) is 14.8. The van der Waals surface area contributed by atoms with E-state index in [0.717, 1.165) is 52.1 Å². The van der Waals surface area contributed by atoms with E-state index in [4.69, 9.17) is 11.5 Å². The minimum atomic E-state index is 0. The van der Waals surface area contributed by atoms with Crippen molar-refractivity contribution >= 4 is 0 Å². The van der Waals surface area contributed by atoms with Gasteiger partial charge < -0.3 is 22.9 Å². The number of piperazine rings is 1. The van der Waals surface area contributed by atoms with Crippen molar-refractivity contribution in [3.63, 3.8) is 0 Å².